The first-order chi connectivity index (χ1) is 9.36. The van der Waals surface area contributed by atoms with Gasteiger partial charge in [-0.1, -0.05) is 17.7 Å². The summed E-state index contributed by atoms with van der Waals surface area (Å²) in [5.74, 6) is -1.84. The lowest BCUT2D eigenvalue weighted by Crippen LogP contribution is -2.35. The fourth-order valence-corrected chi connectivity index (χ4v) is 1.69. The van der Waals surface area contributed by atoms with Crippen LogP contribution in [0.15, 0.2) is 30.9 Å². The normalized spacial score (nSPS) is 9.85. The number of aliphatic carboxylic acids is 1. The van der Waals surface area contributed by atoms with Gasteiger partial charge in [0.05, 0.1) is 4.92 Å². The van der Waals surface area contributed by atoms with Gasteiger partial charge in [-0.25, -0.2) is 0 Å². The van der Waals surface area contributed by atoms with Crippen molar-refractivity contribution in [3.63, 3.8) is 0 Å². The maximum Gasteiger partial charge on any atom is 0.323 e. The third-order valence-corrected chi connectivity index (χ3v) is 2.67. The number of halogens is 1. The van der Waals surface area contributed by atoms with Crippen LogP contribution in [0.25, 0.3) is 0 Å². The van der Waals surface area contributed by atoms with Gasteiger partial charge in [0, 0.05) is 18.2 Å². The van der Waals surface area contributed by atoms with E-state index in [1.165, 1.54) is 18.2 Å². The summed E-state index contributed by atoms with van der Waals surface area (Å²) in [6.07, 6.45) is 1.37. The second kappa shape index (κ2) is 6.67. The Hall–Kier alpha value is -2.41. The van der Waals surface area contributed by atoms with Crippen molar-refractivity contribution in [2.45, 2.75) is 0 Å². The molecule has 1 N–H and O–H groups in total. The van der Waals surface area contributed by atoms with Gasteiger partial charge in [0.25, 0.3) is 11.6 Å². The number of carbonyl (C=O) groups is 2. The first kappa shape index (κ1) is 15.6. The summed E-state index contributed by atoms with van der Waals surface area (Å²) >= 11 is 5.64. The second-order valence-electron chi connectivity index (χ2n) is 3.79. The number of carbonyl (C=O) groups excluding carboxylic acids is 1. The van der Waals surface area contributed by atoms with Gasteiger partial charge in [-0.3, -0.25) is 19.7 Å². The Bertz CT molecular complexity index is 573. The van der Waals surface area contributed by atoms with Gasteiger partial charge in [-0.2, -0.15) is 0 Å². The molecule has 8 heteroatoms. The monoisotopic (exact) mass is 298 g/mol. The smallest absolute Gasteiger partial charge is 0.323 e. The molecule has 0 bridgehead atoms. The summed E-state index contributed by atoms with van der Waals surface area (Å²) in [4.78, 5) is 33.8. The van der Waals surface area contributed by atoms with Gasteiger partial charge in [0.1, 0.15) is 11.6 Å². The van der Waals surface area contributed by atoms with Gasteiger partial charge in [-0.15, -0.1) is 6.58 Å². The van der Waals surface area contributed by atoms with E-state index in [0.29, 0.717) is 0 Å². The minimum Gasteiger partial charge on any atom is -0.480 e. The van der Waals surface area contributed by atoms with Crippen LogP contribution in [-0.2, 0) is 4.79 Å². The lowest BCUT2D eigenvalue weighted by Gasteiger charge is -2.18. The molecule has 7 nitrogen and oxygen atoms in total. The molecule has 0 aliphatic carbocycles. The van der Waals surface area contributed by atoms with Gasteiger partial charge >= 0.3 is 5.97 Å². The molecule has 106 valence electrons. The fraction of sp³-hybridized carbons (Fsp3) is 0.167. The molecule has 0 heterocycles. The predicted molar refractivity (Wildman–Crippen MR) is 71.8 cm³/mol. The van der Waals surface area contributed by atoms with Crippen LogP contribution in [0.1, 0.15) is 10.4 Å². The average Bonchev–Trinajstić information content (AvgIpc) is 2.37. The standard InChI is InChI=1S/C12H11ClN2O5/c1-2-5-14(7-11(16)17)12(18)8-3-4-9(13)10(6-8)15(19)20/h2-4,6H,1,5,7H2,(H,16,17). The summed E-state index contributed by atoms with van der Waals surface area (Å²) in [5, 5.41) is 19.4. The zero-order valence-corrected chi connectivity index (χ0v) is 11.0. The summed E-state index contributed by atoms with van der Waals surface area (Å²) in [7, 11) is 0. The molecular formula is C12H11ClN2O5. The Morgan fingerprint density at radius 2 is 2.15 bits per heavy atom. The van der Waals surface area contributed by atoms with E-state index in [9.17, 15) is 19.7 Å². The SMILES string of the molecule is C=CCN(CC(=O)O)C(=O)c1ccc(Cl)c([N+](=O)[O-])c1. The quantitative estimate of drug-likeness (QED) is 0.491. The highest BCUT2D eigenvalue weighted by atomic mass is 35.5. The van der Waals surface area contributed by atoms with Gasteiger partial charge < -0.3 is 10.0 Å². The van der Waals surface area contributed by atoms with E-state index in [0.717, 1.165) is 11.0 Å². The number of hydrogen-bond acceptors (Lipinski definition) is 4. The third-order valence-electron chi connectivity index (χ3n) is 2.35. The molecule has 1 amide bonds. The predicted octanol–water partition coefficient (Wildman–Crippen LogP) is 1.96. The van der Waals surface area contributed by atoms with Crippen LogP contribution < -0.4 is 0 Å². The summed E-state index contributed by atoms with van der Waals surface area (Å²) in [5.41, 5.74) is -0.421. The molecule has 1 aromatic carbocycles. The number of nitro benzene ring substituents is 1. The second-order valence-corrected chi connectivity index (χ2v) is 4.20. The van der Waals surface area contributed by atoms with Gasteiger partial charge in [-0.05, 0) is 12.1 Å². The zero-order valence-electron chi connectivity index (χ0n) is 10.3. The van der Waals surface area contributed by atoms with Crippen LogP contribution in [0.2, 0.25) is 5.02 Å². The molecule has 0 atom stereocenters. The summed E-state index contributed by atoms with van der Waals surface area (Å²) in [6.45, 7) is 2.92. The van der Waals surface area contributed by atoms with Crippen molar-refractivity contribution < 1.29 is 19.6 Å². The number of nitro groups is 1. The minimum atomic E-state index is -1.19. The summed E-state index contributed by atoms with van der Waals surface area (Å²) < 4.78 is 0. The summed E-state index contributed by atoms with van der Waals surface area (Å²) in [6, 6.07) is 3.54. The Kier molecular flexibility index (Phi) is 5.22. The van der Waals surface area contributed by atoms with E-state index < -0.39 is 29.0 Å². The highest BCUT2D eigenvalue weighted by Crippen LogP contribution is 2.25. The molecule has 0 aliphatic rings. The number of carboxylic acids is 1. The Morgan fingerprint density at radius 1 is 1.50 bits per heavy atom. The van der Waals surface area contributed by atoms with Crippen molar-refractivity contribution in [2.24, 2.45) is 0 Å². The van der Waals surface area contributed by atoms with E-state index in [1.54, 1.807) is 0 Å². The van der Waals surface area contributed by atoms with E-state index in [1.807, 2.05) is 0 Å². The lowest BCUT2D eigenvalue weighted by molar-refractivity contribution is -0.384. The fourth-order valence-electron chi connectivity index (χ4n) is 1.51. The van der Waals surface area contributed by atoms with Crippen LogP contribution in [0.3, 0.4) is 0 Å². The molecule has 0 spiro atoms. The van der Waals surface area contributed by atoms with Crippen LogP contribution in [0.5, 0.6) is 0 Å². The van der Waals surface area contributed by atoms with E-state index >= 15 is 0 Å². The molecule has 0 unspecified atom stereocenters. The van der Waals surface area contributed by atoms with Crippen LogP contribution in [-0.4, -0.2) is 39.9 Å². The molecule has 0 aromatic heterocycles. The van der Waals surface area contributed by atoms with Crippen molar-refractivity contribution in [1.82, 2.24) is 4.90 Å². The first-order valence-corrected chi connectivity index (χ1v) is 5.80. The van der Waals surface area contributed by atoms with Crippen LogP contribution in [0.4, 0.5) is 5.69 Å². The molecule has 20 heavy (non-hydrogen) atoms. The average molecular weight is 299 g/mol. The third kappa shape index (κ3) is 3.79. The maximum atomic E-state index is 12.1. The molecule has 0 fully saturated rings. The van der Waals surface area contributed by atoms with Crippen molar-refractivity contribution in [2.75, 3.05) is 13.1 Å². The number of amides is 1. The highest BCUT2D eigenvalue weighted by molar-refractivity contribution is 6.32. The molecule has 0 saturated carbocycles. The van der Waals surface area contributed by atoms with E-state index in [-0.39, 0.29) is 17.1 Å². The Balaban J connectivity index is 3.11. The maximum absolute atomic E-state index is 12.1. The largest absolute Gasteiger partial charge is 0.480 e. The number of hydrogen-bond donors (Lipinski definition) is 1. The zero-order chi connectivity index (χ0) is 15.3. The van der Waals surface area contributed by atoms with Crippen LogP contribution >= 0.6 is 11.6 Å². The van der Waals surface area contributed by atoms with Crippen molar-refractivity contribution >= 4 is 29.2 Å². The van der Waals surface area contributed by atoms with E-state index in [2.05, 4.69) is 6.58 Å². The number of benzene rings is 1. The van der Waals surface area contributed by atoms with Crippen molar-refractivity contribution in [3.05, 3.63) is 51.6 Å². The minimum absolute atomic E-state index is 0.01000. The Morgan fingerprint density at radius 3 is 2.65 bits per heavy atom. The number of carboxylic acid groups (broad SMARTS) is 1. The molecular weight excluding hydrogens is 288 g/mol. The van der Waals surface area contributed by atoms with Gasteiger partial charge in [0.2, 0.25) is 0 Å². The molecule has 1 rings (SSSR count). The molecule has 0 saturated heterocycles. The number of rotatable bonds is 6. The first-order valence-electron chi connectivity index (χ1n) is 5.42. The van der Waals surface area contributed by atoms with Crippen molar-refractivity contribution in [1.29, 1.82) is 0 Å². The number of nitrogens with zero attached hydrogens (tertiary/aromatic N) is 2. The lowest BCUT2D eigenvalue weighted by atomic mass is 10.1. The van der Waals surface area contributed by atoms with E-state index in [4.69, 9.17) is 16.7 Å². The molecule has 0 radical (unpaired) electrons. The Labute approximate surface area is 119 Å². The van der Waals surface area contributed by atoms with Gasteiger partial charge in [0.15, 0.2) is 0 Å². The highest BCUT2D eigenvalue weighted by Gasteiger charge is 2.21. The van der Waals surface area contributed by atoms with Crippen LogP contribution in [0, 0.1) is 10.1 Å². The topological polar surface area (TPSA) is 101 Å². The molecule has 0 aliphatic heterocycles. The molecule has 1 aromatic rings. The van der Waals surface area contributed by atoms with Crippen molar-refractivity contribution in [3.8, 4) is 0 Å².